The molecule has 1 fully saturated rings. The summed E-state index contributed by atoms with van der Waals surface area (Å²) in [6.07, 6.45) is 1.35. The summed E-state index contributed by atoms with van der Waals surface area (Å²) in [5, 5.41) is 3.56. The number of hydrogen-bond acceptors (Lipinski definition) is 5. The molecule has 0 aliphatic heterocycles. The van der Waals surface area contributed by atoms with Gasteiger partial charge in [0.25, 0.3) is 0 Å². The Hall–Kier alpha value is -1.76. The van der Waals surface area contributed by atoms with Crippen molar-refractivity contribution in [3.8, 4) is 0 Å². The smallest absolute Gasteiger partial charge is 0.246 e. The summed E-state index contributed by atoms with van der Waals surface area (Å²) in [6.45, 7) is 10.6. The van der Waals surface area contributed by atoms with Gasteiger partial charge < -0.3 is 15.8 Å². The van der Waals surface area contributed by atoms with Crippen LogP contribution in [0.4, 0.5) is 5.13 Å². The number of nitrogens with two attached hydrogens (primary N) is 1. The maximum atomic E-state index is 12.9. The predicted octanol–water partition coefficient (Wildman–Crippen LogP) is 3.82. The minimum atomic E-state index is -0.941. The van der Waals surface area contributed by atoms with Gasteiger partial charge in [0, 0.05) is 29.7 Å². The molecule has 3 N–H and O–H groups in total. The van der Waals surface area contributed by atoms with E-state index in [0.29, 0.717) is 18.2 Å². The largest absolute Gasteiger partial charge is 0.378 e. The van der Waals surface area contributed by atoms with E-state index in [1.54, 1.807) is 0 Å². The van der Waals surface area contributed by atoms with Gasteiger partial charge in [-0.05, 0) is 26.3 Å². The number of nitrogens with zero attached hydrogens (tertiary/aromatic N) is 1. The van der Waals surface area contributed by atoms with Gasteiger partial charge in [0.15, 0.2) is 5.13 Å². The molecular formula is C21H29N3O2S. The number of rotatable bonds is 6. The van der Waals surface area contributed by atoms with Crippen LogP contribution in [0.3, 0.4) is 0 Å². The number of benzene rings is 1. The minimum Gasteiger partial charge on any atom is -0.378 e. The lowest BCUT2D eigenvalue weighted by Gasteiger charge is -2.57. The third-order valence-electron chi connectivity index (χ3n) is 5.83. The summed E-state index contributed by atoms with van der Waals surface area (Å²) in [4.78, 5) is 18.6. The minimum absolute atomic E-state index is 0.00776. The van der Waals surface area contributed by atoms with Crippen LogP contribution in [-0.4, -0.2) is 29.1 Å². The van der Waals surface area contributed by atoms with E-state index in [1.807, 2.05) is 27.7 Å². The Morgan fingerprint density at radius 2 is 2.00 bits per heavy atom. The molecular weight excluding hydrogens is 358 g/mol. The van der Waals surface area contributed by atoms with Gasteiger partial charge in [-0.25, -0.2) is 4.98 Å². The molecule has 0 saturated heterocycles. The van der Waals surface area contributed by atoms with Crippen molar-refractivity contribution in [3.63, 3.8) is 0 Å². The fourth-order valence-corrected chi connectivity index (χ4v) is 4.56. The second kappa shape index (κ2) is 7.34. The van der Waals surface area contributed by atoms with Gasteiger partial charge in [-0.3, -0.25) is 4.79 Å². The summed E-state index contributed by atoms with van der Waals surface area (Å²) in [7, 11) is 0. The van der Waals surface area contributed by atoms with E-state index in [4.69, 9.17) is 10.5 Å². The molecule has 2 aromatic rings. The number of thiazole rings is 1. The van der Waals surface area contributed by atoms with Crippen LogP contribution in [0.5, 0.6) is 0 Å². The maximum Gasteiger partial charge on any atom is 0.246 e. The number of ether oxygens (including phenoxy) is 1. The van der Waals surface area contributed by atoms with Gasteiger partial charge in [-0.2, -0.15) is 0 Å². The average Bonchev–Trinajstić information content (AvgIpc) is 2.95. The van der Waals surface area contributed by atoms with Crippen LogP contribution in [0, 0.1) is 19.3 Å². The lowest BCUT2D eigenvalue weighted by molar-refractivity contribution is -0.166. The number of carbonyl (C=O) groups is 1. The summed E-state index contributed by atoms with van der Waals surface area (Å²) < 4.78 is 5.71. The first-order valence-corrected chi connectivity index (χ1v) is 10.2. The molecule has 3 rings (SSSR count). The molecule has 146 valence electrons. The Kier molecular flexibility index (Phi) is 5.43. The highest BCUT2D eigenvalue weighted by atomic mass is 32.1. The van der Waals surface area contributed by atoms with Crippen LogP contribution in [-0.2, 0) is 16.0 Å². The Bertz CT molecular complexity index is 828. The van der Waals surface area contributed by atoms with Crippen molar-refractivity contribution in [2.24, 2.45) is 11.1 Å². The molecule has 1 aliphatic carbocycles. The molecule has 1 aromatic heterocycles. The van der Waals surface area contributed by atoms with Crippen molar-refractivity contribution in [3.05, 3.63) is 46.0 Å². The Labute approximate surface area is 165 Å². The van der Waals surface area contributed by atoms with Gasteiger partial charge in [0.05, 0.1) is 11.8 Å². The second-order valence-corrected chi connectivity index (χ2v) is 9.07. The van der Waals surface area contributed by atoms with Gasteiger partial charge >= 0.3 is 0 Å². The SMILES string of the molecule is CCOC1CC(N)(C(=O)Nc2nc(C)c(Cc3ccc(C)cc3)s2)C1(C)C. The zero-order chi connectivity index (χ0) is 19.8. The second-order valence-electron chi connectivity index (χ2n) is 7.99. The fourth-order valence-electron chi connectivity index (χ4n) is 3.57. The fraction of sp³-hybridized carbons (Fsp3) is 0.524. The predicted molar refractivity (Wildman–Crippen MR) is 110 cm³/mol. The summed E-state index contributed by atoms with van der Waals surface area (Å²) in [5.41, 5.74) is 8.53. The van der Waals surface area contributed by atoms with Crippen LogP contribution in [0.2, 0.25) is 0 Å². The van der Waals surface area contributed by atoms with Crippen molar-refractivity contribution < 1.29 is 9.53 Å². The Balaban J connectivity index is 1.70. The Morgan fingerprint density at radius 3 is 2.59 bits per heavy atom. The van der Waals surface area contributed by atoms with Crippen LogP contribution in [0.25, 0.3) is 0 Å². The van der Waals surface area contributed by atoms with E-state index >= 15 is 0 Å². The molecule has 1 aromatic carbocycles. The molecule has 1 saturated carbocycles. The number of aryl methyl sites for hydroxylation is 2. The third kappa shape index (κ3) is 3.66. The monoisotopic (exact) mass is 387 g/mol. The van der Waals surface area contributed by atoms with Crippen molar-refractivity contribution in [1.29, 1.82) is 0 Å². The van der Waals surface area contributed by atoms with Gasteiger partial charge in [-0.1, -0.05) is 43.7 Å². The van der Waals surface area contributed by atoms with Crippen LogP contribution in [0.1, 0.15) is 48.9 Å². The normalized spacial score (nSPS) is 23.7. The van der Waals surface area contributed by atoms with Gasteiger partial charge in [0.1, 0.15) is 5.54 Å². The summed E-state index contributed by atoms with van der Waals surface area (Å²) >= 11 is 1.52. The lowest BCUT2D eigenvalue weighted by Crippen LogP contribution is -2.74. The van der Waals surface area contributed by atoms with E-state index in [9.17, 15) is 4.79 Å². The maximum absolute atomic E-state index is 12.9. The highest BCUT2D eigenvalue weighted by Gasteiger charge is 2.63. The van der Waals surface area contributed by atoms with E-state index in [1.165, 1.54) is 22.5 Å². The van der Waals surface area contributed by atoms with Crippen molar-refractivity contribution in [1.82, 2.24) is 4.98 Å². The van der Waals surface area contributed by atoms with Crippen LogP contribution >= 0.6 is 11.3 Å². The first-order chi connectivity index (χ1) is 12.7. The molecule has 2 atom stereocenters. The van der Waals surface area contributed by atoms with E-state index < -0.39 is 11.0 Å². The molecule has 5 nitrogen and oxygen atoms in total. The van der Waals surface area contributed by atoms with Gasteiger partial charge in [-0.15, -0.1) is 11.3 Å². The van der Waals surface area contributed by atoms with Crippen molar-refractivity contribution in [2.75, 3.05) is 11.9 Å². The summed E-state index contributed by atoms with van der Waals surface area (Å²) in [6, 6.07) is 8.48. The number of aromatic nitrogens is 1. The van der Waals surface area contributed by atoms with Gasteiger partial charge in [0.2, 0.25) is 5.91 Å². The molecule has 0 spiro atoms. The molecule has 1 heterocycles. The Morgan fingerprint density at radius 1 is 1.33 bits per heavy atom. The molecule has 2 unspecified atom stereocenters. The number of amides is 1. The number of hydrogen-bond donors (Lipinski definition) is 2. The lowest BCUT2D eigenvalue weighted by atomic mass is 9.54. The number of carbonyl (C=O) groups excluding carboxylic acids is 1. The molecule has 1 aliphatic rings. The van der Waals surface area contributed by atoms with Crippen LogP contribution in [0.15, 0.2) is 24.3 Å². The molecule has 0 bridgehead atoms. The molecule has 27 heavy (non-hydrogen) atoms. The zero-order valence-corrected chi connectivity index (χ0v) is 17.6. The zero-order valence-electron chi connectivity index (χ0n) is 16.8. The highest BCUT2D eigenvalue weighted by Crippen LogP contribution is 2.50. The van der Waals surface area contributed by atoms with Crippen molar-refractivity contribution >= 4 is 22.4 Å². The van der Waals surface area contributed by atoms with E-state index in [0.717, 1.165) is 17.0 Å². The molecule has 6 heteroatoms. The average molecular weight is 388 g/mol. The number of anilines is 1. The standard InChI is InChI=1S/C21H29N3O2S/c1-6-26-17-12-21(22,20(17,4)5)18(25)24-19-23-14(3)16(27-19)11-15-9-7-13(2)8-10-15/h7-10,17H,6,11-12,22H2,1-5H3,(H,23,24,25). The quantitative estimate of drug-likeness (QED) is 0.790. The van der Waals surface area contributed by atoms with Crippen LogP contribution < -0.4 is 11.1 Å². The highest BCUT2D eigenvalue weighted by molar-refractivity contribution is 7.15. The summed E-state index contributed by atoms with van der Waals surface area (Å²) in [5.74, 6) is -0.181. The first kappa shape index (κ1) is 20.0. The van der Waals surface area contributed by atoms with E-state index in [2.05, 4.69) is 41.5 Å². The molecule has 1 amide bonds. The topological polar surface area (TPSA) is 77.2 Å². The van der Waals surface area contributed by atoms with E-state index in [-0.39, 0.29) is 12.0 Å². The third-order valence-corrected chi connectivity index (χ3v) is 6.91. The number of nitrogens with one attached hydrogen (secondary N) is 1. The first-order valence-electron chi connectivity index (χ1n) is 9.41. The molecule has 0 radical (unpaired) electrons. The van der Waals surface area contributed by atoms with Crippen molar-refractivity contribution in [2.45, 2.75) is 59.1 Å².